The van der Waals surface area contributed by atoms with Crippen molar-refractivity contribution in [1.82, 2.24) is 10.3 Å². The van der Waals surface area contributed by atoms with Gasteiger partial charge in [0.05, 0.1) is 11.4 Å². The Balaban J connectivity index is 1.58. The molecule has 2 amide bonds. The summed E-state index contributed by atoms with van der Waals surface area (Å²) in [6, 6.07) is 11.1. The van der Waals surface area contributed by atoms with Crippen LogP contribution in [-0.2, 0) is 16.0 Å². The molecule has 2 aromatic rings. The van der Waals surface area contributed by atoms with Gasteiger partial charge < -0.3 is 15.5 Å². The Hall–Kier alpha value is -2.60. The van der Waals surface area contributed by atoms with Crippen molar-refractivity contribution in [3.63, 3.8) is 0 Å². The Bertz CT molecular complexity index is 802. The molecule has 1 fully saturated rings. The third-order valence-corrected chi connectivity index (χ3v) is 5.03. The highest BCUT2D eigenvalue weighted by molar-refractivity contribution is 6.30. The summed E-state index contributed by atoms with van der Waals surface area (Å²) in [5.41, 5.74) is 1.51. The average Bonchev–Trinajstić information content (AvgIpc) is 2.70. The standard InChI is InChI=1S/C20H23ClN4O2/c1-22-19(26)12-15-4-2-3-5-17(15)24-20(27)14-8-10-25(11-9-14)18-7-6-16(21)13-23-18/h2-7,13-14H,8-12H2,1H3,(H,22,26)(H,24,27). The topological polar surface area (TPSA) is 74.3 Å². The van der Waals surface area contributed by atoms with Gasteiger partial charge in [-0.2, -0.15) is 0 Å². The number of halogens is 1. The van der Waals surface area contributed by atoms with E-state index >= 15 is 0 Å². The van der Waals surface area contributed by atoms with Crippen molar-refractivity contribution < 1.29 is 9.59 Å². The van der Waals surface area contributed by atoms with Gasteiger partial charge >= 0.3 is 0 Å². The second-order valence-corrected chi connectivity index (χ2v) is 7.03. The van der Waals surface area contributed by atoms with Crippen LogP contribution >= 0.6 is 11.6 Å². The van der Waals surface area contributed by atoms with Gasteiger partial charge in [-0.05, 0) is 36.6 Å². The molecule has 7 heteroatoms. The van der Waals surface area contributed by atoms with Gasteiger partial charge in [-0.25, -0.2) is 4.98 Å². The second kappa shape index (κ2) is 8.86. The van der Waals surface area contributed by atoms with Crippen LogP contribution in [0, 0.1) is 5.92 Å². The smallest absolute Gasteiger partial charge is 0.227 e. The molecule has 1 aromatic heterocycles. The molecule has 6 nitrogen and oxygen atoms in total. The van der Waals surface area contributed by atoms with Gasteiger partial charge in [0.2, 0.25) is 11.8 Å². The predicted molar refractivity (Wildman–Crippen MR) is 107 cm³/mol. The van der Waals surface area contributed by atoms with Crippen molar-refractivity contribution in [1.29, 1.82) is 0 Å². The Kier molecular flexibility index (Phi) is 6.29. The number of likely N-dealkylation sites (N-methyl/N-ethyl adjacent to an activating group) is 1. The maximum Gasteiger partial charge on any atom is 0.227 e. The fourth-order valence-electron chi connectivity index (χ4n) is 3.22. The van der Waals surface area contributed by atoms with E-state index in [1.807, 2.05) is 36.4 Å². The molecule has 0 unspecified atom stereocenters. The van der Waals surface area contributed by atoms with Crippen LogP contribution in [0.1, 0.15) is 18.4 Å². The third kappa shape index (κ3) is 4.98. The van der Waals surface area contributed by atoms with Crippen LogP contribution in [0.4, 0.5) is 11.5 Å². The second-order valence-electron chi connectivity index (χ2n) is 6.59. The number of amides is 2. The van der Waals surface area contributed by atoms with Gasteiger partial charge in [0.1, 0.15) is 5.82 Å². The number of rotatable bonds is 5. The number of carbonyl (C=O) groups is 2. The molecular formula is C20H23ClN4O2. The van der Waals surface area contributed by atoms with Crippen LogP contribution in [0.15, 0.2) is 42.6 Å². The van der Waals surface area contributed by atoms with Gasteiger partial charge in [0, 0.05) is 37.9 Å². The van der Waals surface area contributed by atoms with Crippen molar-refractivity contribution in [2.24, 2.45) is 5.92 Å². The summed E-state index contributed by atoms with van der Waals surface area (Å²) >= 11 is 5.89. The molecule has 2 N–H and O–H groups in total. The number of benzene rings is 1. The number of pyridine rings is 1. The molecule has 27 heavy (non-hydrogen) atoms. The van der Waals surface area contributed by atoms with Crippen LogP contribution < -0.4 is 15.5 Å². The SMILES string of the molecule is CNC(=O)Cc1ccccc1NC(=O)C1CCN(c2ccc(Cl)cn2)CC1. The molecule has 0 saturated carbocycles. The van der Waals surface area contributed by atoms with Crippen molar-refractivity contribution >= 4 is 34.9 Å². The fraction of sp³-hybridized carbons (Fsp3) is 0.350. The lowest BCUT2D eigenvalue weighted by atomic mass is 9.95. The zero-order chi connectivity index (χ0) is 19.2. The molecule has 3 rings (SSSR count). The summed E-state index contributed by atoms with van der Waals surface area (Å²) in [5.74, 6) is 0.749. The first-order chi connectivity index (χ1) is 13.1. The first-order valence-corrected chi connectivity index (χ1v) is 9.40. The number of piperidine rings is 1. The van der Waals surface area contributed by atoms with Crippen molar-refractivity contribution in [2.75, 3.05) is 30.4 Å². The summed E-state index contributed by atoms with van der Waals surface area (Å²) in [7, 11) is 1.60. The molecular weight excluding hydrogens is 364 g/mol. The summed E-state index contributed by atoms with van der Waals surface area (Å²) in [4.78, 5) is 30.9. The molecule has 1 saturated heterocycles. The summed E-state index contributed by atoms with van der Waals surface area (Å²) in [5, 5.41) is 6.23. The molecule has 1 aromatic carbocycles. The average molecular weight is 387 g/mol. The number of carbonyl (C=O) groups excluding carboxylic acids is 2. The van der Waals surface area contributed by atoms with Crippen LogP contribution in [0.2, 0.25) is 5.02 Å². The Morgan fingerprint density at radius 2 is 1.93 bits per heavy atom. The van der Waals surface area contributed by atoms with E-state index < -0.39 is 0 Å². The lowest BCUT2D eigenvalue weighted by molar-refractivity contribution is -0.121. The number of aromatic nitrogens is 1. The first-order valence-electron chi connectivity index (χ1n) is 9.02. The Morgan fingerprint density at radius 3 is 2.59 bits per heavy atom. The highest BCUT2D eigenvalue weighted by Gasteiger charge is 2.26. The quantitative estimate of drug-likeness (QED) is 0.828. The fourth-order valence-corrected chi connectivity index (χ4v) is 3.33. The summed E-state index contributed by atoms with van der Waals surface area (Å²) in [6.45, 7) is 1.54. The van der Waals surface area contributed by atoms with Crippen LogP contribution in [0.5, 0.6) is 0 Å². The zero-order valence-electron chi connectivity index (χ0n) is 15.2. The van der Waals surface area contributed by atoms with Crippen LogP contribution in [0.25, 0.3) is 0 Å². The number of para-hydroxylation sites is 1. The zero-order valence-corrected chi connectivity index (χ0v) is 16.0. The van der Waals surface area contributed by atoms with Crippen LogP contribution in [-0.4, -0.2) is 36.9 Å². The first kappa shape index (κ1) is 19.2. The van der Waals surface area contributed by atoms with E-state index in [4.69, 9.17) is 11.6 Å². The lowest BCUT2D eigenvalue weighted by Gasteiger charge is -2.32. The molecule has 0 radical (unpaired) electrons. The monoisotopic (exact) mass is 386 g/mol. The Labute approximate surface area is 163 Å². The van der Waals surface area contributed by atoms with Gasteiger partial charge in [-0.15, -0.1) is 0 Å². The highest BCUT2D eigenvalue weighted by atomic mass is 35.5. The molecule has 0 spiro atoms. The van der Waals surface area contributed by atoms with Gasteiger partial charge in [-0.1, -0.05) is 29.8 Å². The normalized spacial score (nSPS) is 14.7. The van der Waals surface area contributed by atoms with Crippen molar-refractivity contribution in [3.8, 4) is 0 Å². The van der Waals surface area contributed by atoms with E-state index in [0.29, 0.717) is 10.7 Å². The van der Waals surface area contributed by atoms with E-state index in [2.05, 4.69) is 20.5 Å². The number of hydrogen-bond acceptors (Lipinski definition) is 4. The van der Waals surface area contributed by atoms with E-state index in [0.717, 1.165) is 37.3 Å². The summed E-state index contributed by atoms with van der Waals surface area (Å²) < 4.78 is 0. The number of nitrogens with zero attached hydrogens (tertiary/aromatic N) is 2. The largest absolute Gasteiger partial charge is 0.359 e. The number of hydrogen-bond donors (Lipinski definition) is 2. The van der Waals surface area contributed by atoms with Crippen LogP contribution in [0.3, 0.4) is 0 Å². The van der Waals surface area contributed by atoms with E-state index in [1.54, 1.807) is 13.2 Å². The van der Waals surface area contributed by atoms with Crippen molar-refractivity contribution in [2.45, 2.75) is 19.3 Å². The predicted octanol–water partition coefficient (Wildman–Crippen LogP) is 2.88. The molecule has 1 aliphatic rings. The maximum absolute atomic E-state index is 12.7. The van der Waals surface area contributed by atoms with E-state index in [1.165, 1.54) is 0 Å². The molecule has 0 aliphatic carbocycles. The minimum absolute atomic E-state index is 0.00284. The minimum atomic E-state index is -0.0829. The number of anilines is 2. The highest BCUT2D eigenvalue weighted by Crippen LogP contribution is 2.25. The van der Waals surface area contributed by atoms with Crippen molar-refractivity contribution in [3.05, 3.63) is 53.2 Å². The van der Waals surface area contributed by atoms with Gasteiger partial charge in [0.15, 0.2) is 0 Å². The molecule has 0 atom stereocenters. The Morgan fingerprint density at radius 1 is 1.19 bits per heavy atom. The molecule has 1 aliphatic heterocycles. The van der Waals surface area contributed by atoms with Gasteiger partial charge in [0.25, 0.3) is 0 Å². The number of nitrogens with one attached hydrogen (secondary N) is 2. The summed E-state index contributed by atoms with van der Waals surface area (Å²) in [6.07, 6.45) is 3.40. The third-order valence-electron chi connectivity index (χ3n) is 4.81. The van der Waals surface area contributed by atoms with Gasteiger partial charge in [-0.3, -0.25) is 9.59 Å². The molecule has 0 bridgehead atoms. The minimum Gasteiger partial charge on any atom is -0.359 e. The molecule has 2 heterocycles. The maximum atomic E-state index is 12.7. The van der Waals surface area contributed by atoms with E-state index in [-0.39, 0.29) is 24.2 Å². The van der Waals surface area contributed by atoms with E-state index in [9.17, 15) is 9.59 Å². The lowest BCUT2D eigenvalue weighted by Crippen LogP contribution is -2.38. The molecule has 142 valence electrons.